The Morgan fingerprint density at radius 3 is 2.78 bits per heavy atom. The molecule has 0 aliphatic carbocycles. The van der Waals surface area contributed by atoms with Crippen LogP contribution in [0.5, 0.6) is 0 Å². The minimum absolute atomic E-state index is 0.0984. The first-order valence-corrected chi connectivity index (χ1v) is 5.14. The summed E-state index contributed by atoms with van der Waals surface area (Å²) in [6.45, 7) is -0.223. The number of nitrogens with zero attached hydrogens (tertiary/aromatic N) is 1. The van der Waals surface area contributed by atoms with Crippen LogP contribution in [-0.2, 0) is 4.74 Å². The van der Waals surface area contributed by atoms with Gasteiger partial charge in [-0.1, -0.05) is 0 Å². The second-order valence-corrected chi connectivity index (χ2v) is 3.77. The molecule has 1 aromatic rings. The third-order valence-electron chi connectivity index (χ3n) is 2.57. The standard InChI is InChI=1S/C11H10FNO5/c12-9-3-6(1-2-8(9)10(15)16)13-4-7(5-14)18-11(13)17/h1-3,7,14H,4-5H2,(H,15,16)/t7-/m1/s1. The number of carboxylic acids is 1. The molecule has 18 heavy (non-hydrogen) atoms. The van der Waals surface area contributed by atoms with Crippen molar-refractivity contribution in [3.63, 3.8) is 0 Å². The summed E-state index contributed by atoms with van der Waals surface area (Å²) in [4.78, 5) is 23.2. The number of cyclic esters (lactones) is 1. The highest BCUT2D eigenvalue weighted by Gasteiger charge is 2.32. The number of ether oxygens (including phenoxy) is 1. The molecule has 1 heterocycles. The number of rotatable bonds is 3. The number of halogens is 1. The van der Waals surface area contributed by atoms with Gasteiger partial charge >= 0.3 is 12.1 Å². The van der Waals surface area contributed by atoms with Crippen molar-refractivity contribution in [3.05, 3.63) is 29.6 Å². The van der Waals surface area contributed by atoms with Gasteiger partial charge in [-0.2, -0.15) is 0 Å². The molecular weight excluding hydrogens is 245 g/mol. The minimum atomic E-state index is -1.38. The molecule has 2 rings (SSSR count). The van der Waals surface area contributed by atoms with Crippen LogP contribution in [0.1, 0.15) is 10.4 Å². The first-order chi connectivity index (χ1) is 8.52. The van der Waals surface area contributed by atoms with Crippen LogP contribution in [0.4, 0.5) is 14.9 Å². The first kappa shape index (κ1) is 12.3. The van der Waals surface area contributed by atoms with Crippen LogP contribution in [0, 0.1) is 5.82 Å². The number of carbonyl (C=O) groups excluding carboxylic acids is 1. The van der Waals surface area contributed by atoms with Gasteiger partial charge in [-0.15, -0.1) is 0 Å². The number of carbonyl (C=O) groups is 2. The van der Waals surface area contributed by atoms with E-state index in [1.807, 2.05) is 0 Å². The molecule has 0 bridgehead atoms. The average molecular weight is 255 g/mol. The zero-order chi connectivity index (χ0) is 13.3. The Hall–Kier alpha value is -2.15. The van der Waals surface area contributed by atoms with E-state index in [1.165, 1.54) is 6.07 Å². The predicted octanol–water partition coefficient (Wildman–Crippen LogP) is 0.841. The number of aliphatic hydroxyl groups is 1. The highest BCUT2D eigenvalue weighted by molar-refractivity contribution is 5.92. The molecule has 0 unspecified atom stereocenters. The zero-order valence-electron chi connectivity index (χ0n) is 9.17. The summed E-state index contributed by atoms with van der Waals surface area (Å²) in [5.41, 5.74) is -0.275. The number of aliphatic hydroxyl groups excluding tert-OH is 1. The molecule has 0 saturated carbocycles. The second-order valence-electron chi connectivity index (χ2n) is 3.77. The number of aromatic carboxylic acids is 1. The monoisotopic (exact) mass is 255 g/mol. The van der Waals surface area contributed by atoms with Crippen molar-refractivity contribution < 1.29 is 28.9 Å². The SMILES string of the molecule is O=C(O)c1ccc(N2C[C@H](CO)OC2=O)cc1F. The fourth-order valence-corrected chi connectivity index (χ4v) is 1.67. The fraction of sp³-hybridized carbons (Fsp3) is 0.273. The van der Waals surface area contributed by atoms with E-state index < -0.39 is 29.5 Å². The summed E-state index contributed by atoms with van der Waals surface area (Å²) in [7, 11) is 0. The van der Waals surface area contributed by atoms with Crippen molar-refractivity contribution in [2.75, 3.05) is 18.1 Å². The molecule has 0 spiro atoms. The van der Waals surface area contributed by atoms with Gasteiger partial charge in [0.2, 0.25) is 0 Å². The van der Waals surface area contributed by atoms with E-state index in [2.05, 4.69) is 0 Å². The Morgan fingerprint density at radius 1 is 1.56 bits per heavy atom. The lowest BCUT2D eigenvalue weighted by Crippen LogP contribution is -2.25. The number of hydrogen-bond acceptors (Lipinski definition) is 4. The van der Waals surface area contributed by atoms with E-state index in [0.29, 0.717) is 0 Å². The third kappa shape index (κ3) is 2.12. The normalized spacial score (nSPS) is 18.9. The fourth-order valence-electron chi connectivity index (χ4n) is 1.67. The smallest absolute Gasteiger partial charge is 0.414 e. The van der Waals surface area contributed by atoms with Crippen LogP contribution in [0.2, 0.25) is 0 Å². The van der Waals surface area contributed by atoms with Gasteiger partial charge in [0.15, 0.2) is 0 Å². The second kappa shape index (κ2) is 4.61. The predicted molar refractivity (Wildman–Crippen MR) is 58.1 cm³/mol. The molecule has 2 N–H and O–H groups in total. The Balaban J connectivity index is 2.27. The van der Waals surface area contributed by atoms with Crippen molar-refractivity contribution in [2.45, 2.75) is 6.10 Å². The van der Waals surface area contributed by atoms with Crippen molar-refractivity contribution in [2.24, 2.45) is 0 Å². The highest BCUT2D eigenvalue weighted by atomic mass is 19.1. The third-order valence-corrected chi connectivity index (χ3v) is 2.57. The lowest BCUT2D eigenvalue weighted by Gasteiger charge is -2.13. The largest absolute Gasteiger partial charge is 0.478 e. The lowest BCUT2D eigenvalue weighted by molar-refractivity contribution is 0.0692. The van der Waals surface area contributed by atoms with Crippen molar-refractivity contribution in [1.82, 2.24) is 0 Å². The van der Waals surface area contributed by atoms with Crippen LogP contribution >= 0.6 is 0 Å². The highest BCUT2D eigenvalue weighted by Crippen LogP contribution is 2.23. The first-order valence-electron chi connectivity index (χ1n) is 5.14. The molecular formula is C11H10FNO5. The summed E-state index contributed by atoms with van der Waals surface area (Å²) < 4.78 is 18.2. The molecule has 1 amide bonds. The van der Waals surface area contributed by atoms with Crippen LogP contribution in [0.3, 0.4) is 0 Å². The van der Waals surface area contributed by atoms with Crippen molar-refractivity contribution in [1.29, 1.82) is 0 Å². The van der Waals surface area contributed by atoms with Crippen molar-refractivity contribution >= 4 is 17.7 Å². The molecule has 1 saturated heterocycles. The van der Waals surface area contributed by atoms with Crippen LogP contribution in [0.15, 0.2) is 18.2 Å². The molecule has 1 atom stereocenters. The number of amides is 1. The van der Waals surface area contributed by atoms with E-state index >= 15 is 0 Å². The quantitative estimate of drug-likeness (QED) is 0.835. The van der Waals surface area contributed by atoms with E-state index in [9.17, 15) is 14.0 Å². The summed E-state index contributed by atoms with van der Waals surface area (Å²) in [5, 5.41) is 17.5. The Labute approximate surface area is 101 Å². The summed E-state index contributed by atoms with van der Waals surface area (Å²) in [5.74, 6) is -2.31. The number of anilines is 1. The summed E-state index contributed by atoms with van der Waals surface area (Å²) in [6.07, 6.45) is -1.35. The Kier molecular flexibility index (Phi) is 3.15. The van der Waals surface area contributed by atoms with Gasteiger partial charge < -0.3 is 14.9 Å². The van der Waals surface area contributed by atoms with Crippen molar-refractivity contribution in [3.8, 4) is 0 Å². The van der Waals surface area contributed by atoms with E-state index in [4.69, 9.17) is 14.9 Å². The van der Waals surface area contributed by atoms with Gasteiger partial charge in [-0.05, 0) is 18.2 Å². The van der Waals surface area contributed by atoms with E-state index in [1.54, 1.807) is 0 Å². The molecule has 6 nitrogen and oxygen atoms in total. The maximum atomic E-state index is 13.5. The van der Waals surface area contributed by atoms with Crippen LogP contribution in [0.25, 0.3) is 0 Å². The topological polar surface area (TPSA) is 87.1 Å². The number of benzene rings is 1. The summed E-state index contributed by atoms with van der Waals surface area (Å²) in [6, 6.07) is 3.34. The van der Waals surface area contributed by atoms with Gasteiger partial charge in [-0.25, -0.2) is 14.0 Å². The van der Waals surface area contributed by atoms with E-state index in [-0.39, 0.29) is 18.8 Å². The maximum Gasteiger partial charge on any atom is 0.414 e. The number of carboxylic acid groups (broad SMARTS) is 1. The Morgan fingerprint density at radius 2 is 2.28 bits per heavy atom. The molecule has 0 aromatic heterocycles. The molecule has 1 aromatic carbocycles. The maximum absolute atomic E-state index is 13.5. The van der Waals surface area contributed by atoms with Gasteiger partial charge in [0.05, 0.1) is 24.4 Å². The molecule has 1 fully saturated rings. The average Bonchev–Trinajstić information content (AvgIpc) is 2.70. The van der Waals surface area contributed by atoms with E-state index in [0.717, 1.165) is 17.0 Å². The van der Waals surface area contributed by atoms with Crippen LogP contribution in [-0.4, -0.2) is 41.5 Å². The molecule has 0 radical (unpaired) electrons. The Bertz CT molecular complexity index is 504. The lowest BCUT2D eigenvalue weighted by atomic mass is 10.2. The minimum Gasteiger partial charge on any atom is -0.478 e. The van der Waals surface area contributed by atoms with Gasteiger partial charge in [-0.3, -0.25) is 4.90 Å². The molecule has 1 aliphatic rings. The van der Waals surface area contributed by atoms with Gasteiger partial charge in [0.1, 0.15) is 11.9 Å². The molecule has 96 valence electrons. The van der Waals surface area contributed by atoms with Crippen LogP contribution < -0.4 is 4.90 Å². The number of hydrogen-bond donors (Lipinski definition) is 2. The molecule has 1 aliphatic heterocycles. The van der Waals surface area contributed by atoms with Gasteiger partial charge in [0, 0.05) is 0 Å². The molecule has 7 heteroatoms. The zero-order valence-corrected chi connectivity index (χ0v) is 9.17. The van der Waals surface area contributed by atoms with Gasteiger partial charge in [0.25, 0.3) is 0 Å². The summed E-state index contributed by atoms with van der Waals surface area (Å²) >= 11 is 0.